The van der Waals surface area contributed by atoms with Crippen LogP contribution >= 0.6 is 0 Å². The summed E-state index contributed by atoms with van der Waals surface area (Å²) >= 11 is 0. The third-order valence-electron chi connectivity index (χ3n) is 2.02. The van der Waals surface area contributed by atoms with Crippen LogP contribution in [0.2, 0.25) is 0 Å². The molecule has 78 valence electrons. The first kappa shape index (κ1) is 12.4. The summed E-state index contributed by atoms with van der Waals surface area (Å²) < 4.78 is 0. The second-order valence-corrected chi connectivity index (χ2v) is 3.50. The van der Waals surface area contributed by atoms with Gasteiger partial charge in [0, 0.05) is 19.0 Å². The highest BCUT2D eigenvalue weighted by Gasteiger charge is 2.05. The van der Waals surface area contributed by atoms with Gasteiger partial charge in [-0.2, -0.15) is 0 Å². The van der Waals surface area contributed by atoms with Crippen molar-refractivity contribution in [1.29, 1.82) is 0 Å². The third-order valence-corrected chi connectivity index (χ3v) is 2.02. The Morgan fingerprint density at radius 1 is 1.46 bits per heavy atom. The van der Waals surface area contributed by atoms with Crippen LogP contribution in [0.1, 0.15) is 46.0 Å². The summed E-state index contributed by atoms with van der Waals surface area (Å²) in [4.78, 5) is 11.1. The molecule has 0 fully saturated rings. The van der Waals surface area contributed by atoms with Gasteiger partial charge in [0.1, 0.15) is 0 Å². The van der Waals surface area contributed by atoms with Crippen LogP contribution in [-0.2, 0) is 4.79 Å². The number of amides is 1. The molecule has 0 bridgehead atoms. The Morgan fingerprint density at radius 3 is 2.69 bits per heavy atom. The average Bonchev–Trinajstić information content (AvgIpc) is 2.05. The fourth-order valence-electron chi connectivity index (χ4n) is 1.25. The van der Waals surface area contributed by atoms with Gasteiger partial charge in [-0.05, 0) is 13.3 Å². The lowest BCUT2D eigenvalue weighted by atomic mass is 10.1. The van der Waals surface area contributed by atoms with Crippen LogP contribution in [0.4, 0.5) is 0 Å². The summed E-state index contributed by atoms with van der Waals surface area (Å²) in [6, 6.07) is 0.297. The molecule has 0 aliphatic heterocycles. The Hall–Kier alpha value is -0.570. The van der Waals surface area contributed by atoms with Crippen molar-refractivity contribution in [2.45, 2.75) is 52.0 Å². The van der Waals surface area contributed by atoms with Gasteiger partial charge in [0.25, 0.3) is 0 Å². The molecule has 0 radical (unpaired) electrons. The lowest BCUT2D eigenvalue weighted by molar-refractivity contribution is -0.121. The molecule has 0 saturated carbocycles. The van der Waals surface area contributed by atoms with Crippen molar-refractivity contribution in [3.63, 3.8) is 0 Å². The molecule has 0 saturated heterocycles. The molecule has 0 rings (SSSR count). The fourth-order valence-corrected chi connectivity index (χ4v) is 1.25. The van der Waals surface area contributed by atoms with Crippen molar-refractivity contribution in [3.05, 3.63) is 0 Å². The highest BCUT2D eigenvalue weighted by molar-refractivity contribution is 5.76. The van der Waals surface area contributed by atoms with Gasteiger partial charge in [-0.25, -0.2) is 0 Å². The zero-order chi connectivity index (χ0) is 10.1. The second kappa shape index (κ2) is 8.05. The van der Waals surface area contributed by atoms with E-state index in [1.807, 2.05) is 6.92 Å². The van der Waals surface area contributed by atoms with Crippen molar-refractivity contribution in [3.8, 4) is 0 Å². The van der Waals surface area contributed by atoms with Crippen LogP contribution in [0.15, 0.2) is 0 Å². The number of rotatable bonds is 7. The molecule has 3 nitrogen and oxygen atoms in total. The average molecular weight is 186 g/mol. The number of carbonyl (C=O) groups excluding carboxylic acids is 1. The first-order valence-corrected chi connectivity index (χ1v) is 5.20. The molecule has 1 amide bonds. The van der Waals surface area contributed by atoms with E-state index in [-0.39, 0.29) is 5.91 Å². The van der Waals surface area contributed by atoms with Gasteiger partial charge in [-0.1, -0.05) is 26.2 Å². The summed E-state index contributed by atoms with van der Waals surface area (Å²) in [5.74, 6) is 0.0755. The maximum absolute atomic E-state index is 11.1. The SMILES string of the molecule is CCCCCC(C)NC(=O)CCN. The third kappa shape index (κ3) is 7.78. The lowest BCUT2D eigenvalue weighted by Gasteiger charge is -2.12. The second-order valence-electron chi connectivity index (χ2n) is 3.50. The zero-order valence-electron chi connectivity index (χ0n) is 8.81. The van der Waals surface area contributed by atoms with Crippen molar-refractivity contribution < 1.29 is 4.79 Å². The molecule has 3 N–H and O–H groups in total. The zero-order valence-corrected chi connectivity index (χ0v) is 8.81. The van der Waals surface area contributed by atoms with Crippen LogP contribution in [0.3, 0.4) is 0 Å². The van der Waals surface area contributed by atoms with Crippen molar-refractivity contribution in [1.82, 2.24) is 5.32 Å². The summed E-state index contributed by atoms with van der Waals surface area (Å²) in [6.45, 7) is 4.66. The first-order valence-electron chi connectivity index (χ1n) is 5.20. The number of unbranched alkanes of at least 4 members (excludes halogenated alkanes) is 2. The Morgan fingerprint density at radius 2 is 2.15 bits per heavy atom. The van der Waals surface area contributed by atoms with E-state index in [2.05, 4.69) is 12.2 Å². The van der Waals surface area contributed by atoms with E-state index in [0.717, 1.165) is 6.42 Å². The van der Waals surface area contributed by atoms with Gasteiger partial charge in [0.15, 0.2) is 0 Å². The quantitative estimate of drug-likeness (QED) is 0.591. The Kier molecular flexibility index (Phi) is 7.69. The summed E-state index contributed by atoms with van der Waals surface area (Å²) in [5, 5.41) is 2.92. The monoisotopic (exact) mass is 186 g/mol. The minimum absolute atomic E-state index is 0.0755. The summed E-state index contributed by atoms with van der Waals surface area (Å²) in [7, 11) is 0. The number of hydrogen-bond acceptors (Lipinski definition) is 2. The van der Waals surface area contributed by atoms with E-state index in [4.69, 9.17) is 5.73 Å². The predicted octanol–water partition coefficient (Wildman–Crippen LogP) is 1.42. The fraction of sp³-hybridized carbons (Fsp3) is 0.900. The lowest BCUT2D eigenvalue weighted by Crippen LogP contribution is -2.33. The predicted molar refractivity (Wildman–Crippen MR) is 55.4 cm³/mol. The molecular weight excluding hydrogens is 164 g/mol. The van der Waals surface area contributed by atoms with Crippen LogP contribution in [0.25, 0.3) is 0 Å². The van der Waals surface area contributed by atoms with Crippen LogP contribution < -0.4 is 11.1 Å². The minimum Gasteiger partial charge on any atom is -0.354 e. The van der Waals surface area contributed by atoms with Gasteiger partial charge in [0.2, 0.25) is 5.91 Å². The summed E-state index contributed by atoms with van der Waals surface area (Å²) in [5.41, 5.74) is 5.27. The van der Waals surface area contributed by atoms with Crippen molar-refractivity contribution in [2.24, 2.45) is 5.73 Å². The Bertz CT molecular complexity index is 137. The molecule has 1 atom stereocenters. The topological polar surface area (TPSA) is 55.1 Å². The maximum Gasteiger partial charge on any atom is 0.221 e. The van der Waals surface area contributed by atoms with Crippen molar-refractivity contribution in [2.75, 3.05) is 6.54 Å². The normalized spacial score (nSPS) is 12.5. The molecule has 0 spiro atoms. The molecule has 1 unspecified atom stereocenters. The van der Waals surface area contributed by atoms with Crippen LogP contribution in [0, 0.1) is 0 Å². The highest BCUT2D eigenvalue weighted by Crippen LogP contribution is 2.02. The van der Waals surface area contributed by atoms with E-state index in [9.17, 15) is 4.79 Å². The molecule has 0 aromatic heterocycles. The van der Waals surface area contributed by atoms with E-state index in [1.165, 1.54) is 19.3 Å². The number of carbonyl (C=O) groups is 1. The van der Waals surface area contributed by atoms with Crippen LogP contribution in [0.5, 0.6) is 0 Å². The Labute approximate surface area is 81.1 Å². The molecular formula is C10H22N2O. The van der Waals surface area contributed by atoms with Gasteiger partial charge < -0.3 is 11.1 Å². The Balaban J connectivity index is 3.38. The molecule has 0 heterocycles. The molecule has 13 heavy (non-hydrogen) atoms. The number of nitrogens with two attached hydrogens (primary N) is 1. The standard InChI is InChI=1S/C10H22N2O/c1-3-4-5-6-9(2)12-10(13)7-8-11/h9H,3-8,11H2,1-2H3,(H,12,13). The number of hydrogen-bond donors (Lipinski definition) is 2. The maximum atomic E-state index is 11.1. The first-order chi connectivity index (χ1) is 6.20. The molecule has 3 heteroatoms. The smallest absolute Gasteiger partial charge is 0.221 e. The highest BCUT2D eigenvalue weighted by atomic mass is 16.1. The summed E-state index contributed by atoms with van der Waals surface area (Å²) in [6.07, 6.45) is 5.18. The van der Waals surface area contributed by atoms with E-state index >= 15 is 0 Å². The van der Waals surface area contributed by atoms with E-state index in [1.54, 1.807) is 0 Å². The molecule has 0 aromatic carbocycles. The van der Waals surface area contributed by atoms with Gasteiger partial charge >= 0.3 is 0 Å². The van der Waals surface area contributed by atoms with Crippen LogP contribution in [-0.4, -0.2) is 18.5 Å². The van der Waals surface area contributed by atoms with Gasteiger partial charge in [0.05, 0.1) is 0 Å². The molecule has 0 aromatic rings. The van der Waals surface area contributed by atoms with Gasteiger partial charge in [-0.15, -0.1) is 0 Å². The minimum atomic E-state index is 0.0755. The van der Waals surface area contributed by atoms with Crippen molar-refractivity contribution >= 4 is 5.91 Å². The molecule has 0 aliphatic carbocycles. The van der Waals surface area contributed by atoms with Gasteiger partial charge in [-0.3, -0.25) is 4.79 Å². The largest absolute Gasteiger partial charge is 0.354 e. The molecule has 0 aliphatic rings. The van der Waals surface area contributed by atoms with E-state index in [0.29, 0.717) is 19.0 Å². The van der Waals surface area contributed by atoms with E-state index < -0.39 is 0 Å². The number of nitrogens with one attached hydrogen (secondary N) is 1.